The monoisotopic (exact) mass is 831 g/mol. The maximum Gasteiger partial charge on any atom is 0.194 e. The lowest BCUT2D eigenvalue weighted by atomic mass is 9.97. The molecule has 3 heterocycles. The molecule has 10 aromatic rings. The summed E-state index contributed by atoms with van der Waals surface area (Å²) in [5.41, 5.74) is 17.8. The lowest BCUT2D eigenvalue weighted by Gasteiger charge is -2.55. The fourth-order valence-electron chi connectivity index (χ4n) is 10.9. The molecule has 0 radical (unpaired) electrons. The summed E-state index contributed by atoms with van der Waals surface area (Å²) in [6.07, 6.45) is 0. The van der Waals surface area contributed by atoms with Gasteiger partial charge in [-0.3, -0.25) is 0 Å². The first-order valence-corrected chi connectivity index (χ1v) is 24.1. The van der Waals surface area contributed by atoms with Crippen LogP contribution in [0.4, 0.5) is 51.2 Å². The predicted molar refractivity (Wildman–Crippen MR) is 271 cm³/mol. The number of hydrogen-bond donors (Lipinski definition) is 0. The summed E-state index contributed by atoms with van der Waals surface area (Å²) in [7, 11) is -3.25. The van der Waals surface area contributed by atoms with Crippen LogP contribution in [0.5, 0.6) is 0 Å². The Kier molecular flexibility index (Phi) is 8.23. The van der Waals surface area contributed by atoms with E-state index in [1.807, 2.05) is 0 Å². The highest BCUT2D eigenvalue weighted by molar-refractivity contribution is 7.24. The van der Waals surface area contributed by atoms with Crippen molar-refractivity contribution in [3.05, 3.63) is 249 Å². The first kappa shape index (κ1) is 36.5. The van der Waals surface area contributed by atoms with E-state index in [1.54, 1.807) is 0 Å². The number of hydrogen-bond acceptors (Lipinski definition) is 3. The van der Waals surface area contributed by atoms with E-state index >= 15 is 0 Å². The molecular formula is C60H41N3Si. The average molecular weight is 832 g/mol. The van der Waals surface area contributed by atoms with Crippen molar-refractivity contribution in [1.82, 2.24) is 0 Å². The fraction of sp³-hybridized carbons (Fsp3) is 0. The Labute approximate surface area is 375 Å². The molecule has 0 unspecified atom stereocenters. The normalized spacial score (nSPS) is 13.7. The molecule has 0 saturated carbocycles. The molecule has 0 fully saturated rings. The van der Waals surface area contributed by atoms with Crippen molar-refractivity contribution in [3.63, 3.8) is 0 Å². The van der Waals surface area contributed by atoms with Crippen LogP contribution >= 0.6 is 0 Å². The molecule has 3 nitrogen and oxygen atoms in total. The van der Waals surface area contributed by atoms with E-state index in [-0.39, 0.29) is 0 Å². The highest BCUT2D eigenvalue weighted by Crippen LogP contribution is 2.55. The molecule has 0 saturated heterocycles. The van der Waals surface area contributed by atoms with E-state index in [0.29, 0.717) is 0 Å². The lowest BCUT2D eigenvalue weighted by Crippen LogP contribution is -2.81. The molecule has 0 N–H and O–H groups in total. The van der Waals surface area contributed by atoms with Gasteiger partial charge in [-0.2, -0.15) is 0 Å². The Morgan fingerprint density at radius 2 is 0.438 bits per heavy atom. The molecule has 0 aromatic heterocycles. The minimum atomic E-state index is -3.25. The zero-order chi connectivity index (χ0) is 42.2. The molecule has 64 heavy (non-hydrogen) atoms. The molecule has 300 valence electrons. The Morgan fingerprint density at radius 3 is 0.688 bits per heavy atom. The Bertz CT molecular complexity index is 2960. The highest BCUT2D eigenvalue weighted by atomic mass is 28.3. The third kappa shape index (κ3) is 5.33. The third-order valence-electron chi connectivity index (χ3n) is 13.4. The molecule has 4 heteroatoms. The molecule has 10 aromatic carbocycles. The summed E-state index contributed by atoms with van der Waals surface area (Å²) in [6.45, 7) is 0. The zero-order valence-electron chi connectivity index (χ0n) is 35.0. The molecule has 0 atom stereocenters. The van der Waals surface area contributed by atoms with Crippen LogP contribution in [0.15, 0.2) is 249 Å². The topological polar surface area (TPSA) is 9.72 Å². The number of rotatable bonds is 7. The van der Waals surface area contributed by atoms with Crippen molar-refractivity contribution < 1.29 is 0 Å². The summed E-state index contributed by atoms with van der Waals surface area (Å²) in [5, 5.41) is 5.59. The van der Waals surface area contributed by atoms with Crippen LogP contribution < -0.4 is 35.4 Å². The molecule has 3 aliphatic rings. The van der Waals surface area contributed by atoms with Crippen molar-refractivity contribution in [1.29, 1.82) is 0 Å². The fourth-order valence-corrected chi connectivity index (χ4v) is 16.6. The minimum absolute atomic E-state index is 1.13. The van der Waals surface area contributed by atoms with Gasteiger partial charge in [0.25, 0.3) is 0 Å². The second kappa shape index (κ2) is 14.5. The van der Waals surface area contributed by atoms with E-state index < -0.39 is 8.07 Å². The van der Waals surface area contributed by atoms with E-state index in [1.165, 1.54) is 88.3 Å². The van der Waals surface area contributed by atoms with Crippen molar-refractivity contribution in [2.45, 2.75) is 0 Å². The maximum absolute atomic E-state index is 3.25. The van der Waals surface area contributed by atoms with Crippen LogP contribution in [0.3, 0.4) is 0 Å². The van der Waals surface area contributed by atoms with Crippen molar-refractivity contribution in [2.24, 2.45) is 0 Å². The molecule has 0 amide bonds. The highest BCUT2D eigenvalue weighted by Gasteiger charge is 2.60. The van der Waals surface area contributed by atoms with Crippen molar-refractivity contribution >= 4 is 80.0 Å². The number of nitrogens with zero attached hydrogens (tertiary/aromatic N) is 3. The van der Waals surface area contributed by atoms with E-state index in [9.17, 15) is 0 Å². The van der Waals surface area contributed by atoms with Gasteiger partial charge in [0.05, 0.1) is 0 Å². The average Bonchev–Trinajstić information content (AvgIpc) is 3.38. The van der Waals surface area contributed by atoms with E-state index in [2.05, 4.69) is 263 Å². The second-order valence-electron chi connectivity index (χ2n) is 16.9. The molecular weight excluding hydrogens is 791 g/mol. The van der Waals surface area contributed by atoms with Gasteiger partial charge in [0.1, 0.15) is 0 Å². The molecule has 0 spiro atoms. The summed E-state index contributed by atoms with van der Waals surface area (Å²) >= 11 is 0. The van der Waals surface area contributed by atoms with E-state index in [4.69, 9.17) is 0 Å². The Morgan fingerprint density at radius 1 is 0.219 bits per heavy atom. The molecule has 0 aliphatic carbocycles. The predicted octanol–water partition coefficient (Wildman–Crippen LogP) is 13.4. The van der Waals surface area contributed by atoms with Gasteiger partial charge < -0.3 is 14.7 Å². The first-order valence-electron chi connectivity index (χ1n) is 22.1. The first-order chi connectivity index (χ1) is 31.8. The molecule has 3 aliphatic heterocycles. The van der Waals surface area contributed by atoms with Crippen molar-refractivity contribution in [3.8, 4) is 33.4 Å². The van der Waals surface area contributed by atoms with Gasteiger partial charge in [-0.15, -0.1) is 0 Å². The summed E-state index contributed by atoms with van der Waals surface area (Å²) in [5.74, 6) is 0. The van der Waals surface area contributed by atoms with Gasteiger partial charge in [0.2, 0.25) is 0 Å². The summed E-state index contributed by atoms with van der Waals surface area (Å²) in [6, 6.07) is 92.4. The van der Waals surface area contributed by atoms with Crippen LogP contribution in [0.2, 0.25) is 0 Å². The maximum atomic E-state index is 2.59. The molecule has 13 rings (SSSR count). The van der Waals surface area contributed by atoms with E-state index in [0.717, 1.165) is 17.1 Å². The largest absolute Gasteiger partial charge is 0.310 e. The number of anilines is 9. The Hall–Kier alpha value is -8.18. The number of benzene rings is 10. The van der Waals surface area contributed by atoms with Crippen LogP contribution in [-0.4, -0.2) is 8.07 Å². The van der Waals surface area contributed by atoms with Crippen LogP contribution in [0, 0.1) is 0 Å². The van der Waals surface area contributed by atoms with Gasteiger partial charge in [-0.05, 0) is 111 Å². The lowest BCUT2D eigenvalue weighted by molar-refractivity contribution is 1.21. The van der Waals surface area contributed by atoms with Crippen molar-refractivity contribution in [2.75, 3.05) is 14.7 Å². The SMILES string of the molecule is c1ccc(-c2cc3c4c(c2)N(c2ccccc2)c2cc(-c5ccccc5)cc5c2[Si]4(c2ccccc2)c2c(cc(-c4ccccc4)cc2N5c2ccccc2)N3c2ccccc2)cc1. The van der Waals surface area contributed by atoms with Crippen LogP contribution in [0.25, 0.3) is 33.4 Å². The summed E-state index contributed by atoms with van der Waals surface area (Å²) < 4.78 is 0. The number of para-hydroxylation sites is 3. The standard InChI is InChI=1S/C60H41N3Si/c1-8-22-42(23-9-1)45-36-52-58-53(37-45)62(49-30-16-5-17-31-49)55-39-47(44-26-12-3-13-27-44)41-57-60(55)64(58,51-34-20-7-21-35-51)59-54(61(52)48-28-14-4-15-29-48)38-46(43-24-10-2-11-25-43)40-56(59)63(57)50-32-18-6-19-33-50/h1-41H. The van der Waals surface area contributed by atoms with Gasteiger partial charge in [0.15, 0.2) is 8.07 Å². The second-order valence-corrected chi connectivity index (χ2v) is 20.5. The van der Waals surface area contributed by atoms with Crippen LogP contribution in [0.1, 0.15) is 0 Å². The summed E-state index contributed by atoms with van der Waals surface area (Å²) in [4.78, 5) is 7.77. The smallest absolute Gasteiger partial charge is 0.194 e. The minimum Gasteiger partial charge on any atom is -0.310 e. The Balaban J connectivity index is 1.30. The van der Waals surface area contributed by atoms with Crippen LogP contribution in [-0.2, 0) is 0 Å². The molecule has 0 bridgehead atoms. The quantitative estimate of drug-likeness (QED) is 0.148. The zero-order valence-corrected chi connectivity index (χ0v) is 36.0. The van der Waals surface area contributed by atoms with Gasteiger partial charge >= 0.3 is 0 Å². The third-order valence-corrected chi connectivity index (χ3v) is 18.4. The van der Waals surface area contributed by atoms with Gasteiger partial charge in [-0.25, -0.2) is 0 Å². The van der Waals surface area contributed by atoms with Gasteiger partial charge in [0, 0.05) is 66.7 Å². The van der Waals surface area contributed by atoms with Gasteiger partial charge in [-0.1, -0.05) is 176 Å².